The van der Waals surface area contributed by atoms with Crippen LogP contribution in [0, 0.1) is 10.1 Å². The molecule has 90 valence electrons. The fraction of sp³-hybridized carbons (Fsp3) is 0.182. The molecule has 0 aliphatic rings. The van der Waals surface area contributed by atoms with Crippen LogP contribution in [-0.4, -0.2) is 22.9 Å². The van der Waals surface area contributed by atoms with Crippen LogP contribution in [0.3, 0.4) is 0 Å². The number of rotatable bonds is 4. The Morgan fingerprint density at radius 1 is 1.53 bits per heavy atom. The summed E-state index contributed by atoms with van der Waals surface area (Å²) >= 11 is 0. The highest BCUT2D eigenvalue weighted by molar-refractivity contribution is 5.95. The Hall–Kier alpha value is -2.37. The van der Waals surface area contributed by atoms with Gasteiger partial charge in [0.1, 0.15) is 0 Å². The summed E-state index contributed by atoms with van der Waals surface area (Å²) in [5.74, 6) is -0.526. The molecule has 0 atom stereocenters. The van der Waals surface area contributed by atoms with Crippen LogP contribution in [0.5, 0.6) is 11.5 Å². The number of Topliss-reactive ketones (excluding diaryl/α,β-unsaturated/α-hetero) is 1. The first-order valence-corrected chi connectivity index (χ1v) is 4.69. The molecule has 0 amide bonds. The van der Waals surface area contributed by atoms with Crippen molar-refractivity contribution >= 4 is 11.9 Å². The summed E-state index contributed by atoms with van der Waals surface area (Å²) in [4.78, 5) is 20.9. The normalized spacial score (nSPS) is 11.1. The number of benzene rings is 1. The van der Waals surface area contributed by atoms with Crippen molar-refractivity contribution in [2.75, 3.05) is 7.11 Å². The van der Waals surface area contributed by atoms with E-state index in [1.165, 1.54) is 25.3 Å². The molecule has 6 nitrogen and oxygen atoms in total. The van der Waals surface area contributed by atoms with Crippen molar-refractivity contribution in [2.45, 2.75) is 6.92 Å². The number of hydrogen-bond donors (Lipinski definition) is 1. The van der Waals surface area contributed by atoms with Crippen molar-refractivity contribution in [3.8, 4) is 11.5 Å². The zero-order valence-corrected chi connectivity index (χ0v) is 9.34. The number of hydrogen-bond acceptors (Lipinski definition) is 5. The SMILES string of the molecule is COc1cc(/C=C(\C(C)=O)[N+](=O)[O-])ccc1O. The molecule has 0 saturated carbocycles. The summed E-state index contributed by atoms with van der Waals surface area (Å²) in [6.07, 6.45) is 1.13. The van der Waals surface area contributed by atoms with Crippen LogP contribution < -0.4 is 4.74 Å². The van der Waals surface area contributed by atoms with E-state index in [0.29, 0.717) is 5.56 Å². The van der Waals surface area contributed by atoms with Crippen LogP contribution in [0.1, 0.15) is 12.5 Å². The lowest BCUT2D eigenvalue weighted by Gasteiger charge is -2.03. The number of aromatic hydroxyl groups is 1. The molecule has 0 unspecified atom stereocenters. The molecule has 0 fully saturated rings. The fourth-order valence-corrected chi connectivity index (χ4v) is 1.22. The number of methoxy groups -OCH3 is 1. The second kappa shape index (κ2) is 5.11. The molecule has 0 heterocycles. The van der Waals surface area contributed by atoms with Crippen LogP contribution in [0.4, 0.5) is 0 Å². The van der Waals surface area contributed by atoms with E-state index in [4.69, 9.17) is 4.74 Å². The van der Waals surface area contributed by atoms with Crippen LogP contribution in [0.2, 0.25) is 0 Å². The van der Waals surface area contributed by atoms with E-state index in [1.807, 2.05) is 0 Å². The van der Waals surface area contributed by atoms with Gasteiger partial charge < -0.3 is 9.84 Å². The lowest BCUT2D eigenvalue weighted by molar-refractivity contribution is -0.417. The number of nitrogens with zero attached hydrogens (tertiary/aromatic N) is 1. The van der Waals surface area contributed by atoms with E-state index in [1.54, 1.807) is 0 Å². The summed E-state index contributed by atoms with van der Waals surface area (Å²) in [5, 5.41) is 19.9. The quantitative estimate of drug-likeness (QED) is 0.488. The summed E-state index contributed by atoms with van der Waals surface area (Å²) < 4.78 is 4.85. The zero-order chi connectivity index (χ0) is 13.0. The summed E-state index contributed by atoms with van der Waals surface area (Å²) in [5.41, 5.74) is -0.112. The third-order valence-corrected chi connectivity index (χ3v) is 2.06. The average molecular weight is 237 g/mol. The molecule has 1 N–H and O–H groups in total. The van der Waals surface area contributed by atoms with Gasteiger partial charge in [-0.15, -0.1) is 0 Å². The molecule has 0 radical (unpaired) electrons. The molecular weight excluding hydrogens is 226 g/mol. The van der Waals surface area contributed by atoms with Gasteiger partial charge in [-0.1, -0.05) is 6.07 Å². The maximum atomic E-state index is 11.0. The van der Waals surface area contributed by atoms with Gasteiger partial charge in [-0.2, -0.15) is 0 Å². The van der Waals surface area contributed by atoms with E-state index < -0.39 is 16.4 Å². The molecule has 1 aromatic rings. The predicted molar refractivity (Wildman–Crippen MR) is 60.3 cm³/mol. The Labute approximate surface area is 97.3 Å². The van der Waals surface area contributed by atoms with E-state index in [9.17, 15) is 20.0 Å². The molecule has 0 spiro atoms. The minimum absolute atomic E-state index is 0.0740. The van der Waals surface area contributed by atoms with Gasteiger partial charge in [0.15, 0.2) is 11.5 Å². The Morgan fingerprint density at radius 2 is 2.18 bits per heavy atom. The van der Waals surface area contributed by atoms with Crippen molar-refractivity contribution in [2.24, 2.45) is 0 Å². The maximum absolute atomic E-state index is 11.0. The van der Waals surface area contributed by atoms with Gasteiger partial charge in [-0.25, -0.2) is 0 Å². The standard InChI is InChI=1S/C11H11NO5/c1-7(13)9(12(15)16)5-8-3-4-10(14)11(6-8)17-2/h3-6,14H,1-2H3/b9-5+. The fourth-order valence-electron chi connectivity index (χ4n) is 1.22. The number of phenols is 1. The van der Waals surface area contributed by atoms with E-state index >= 15 is 0 Å². The first-order chi connectivity index (χ1) is 7.95. The molecule has 1 rings (SSSR count). The zero-order valence-electron chi connectivity index (χ0n) is 9.34. The third-order valence-electron chi connectivity index (χ3n) is 2.06. The molecule has 0 bridgehead atoms. The van der Waals surface area contributed by atoms with Crippen molar-refractivity contribution in [3.63, 3.8) is 0 Å². The van der Waals surface area contributed by atoms with Crippen molar-refractivity contribution in [3.05, 3.63) is 39.6 Å². The molecule has 0 aliphatic carbocycles. The predicted octanol–water partition coefficient (Wildman–Crippen LogP) is 1.61. The second-order valence-corrected chi connectivity index (χ2v) is 3.27. The van der Waals surface area contributed by atoms with Gasteiger partial charge in [0.2, 0.25) is 5.78 Å². The number of ketones is 1. The number of carbonyl (C=O) groups is 1. The first-order valence-electron chi connectivity index (χ1n) is 4.69. The van der Waals surface area contributed by atoms with Crippen molar-refractivity contribution in [1.29, 1.82) is 0 Å². The Morgan fingerprint density at radius 3 is 2.65 bits per heavy atom. The lowest BCUT2D eigenvalue weighted by Crippen LogP contribution is -2.07. The number of allylic oxidation sites excluding steroid dienone is 1. The smallest absolute Gasteiger partial charge is 0.312 e. The monoisotopic (exact) mass is 237 g/mol. The molecule has 6 heteroatoms. The van der Waals surface area contributed by atoms with Crippen LogP contribution >= 0.6 is 0 Å². The number of ether oxygens (including phenoxy) is 1. The summed E-state index contributed by atoms with van der Waals surface area (Å²) in [6.45, 7) is 1.12. The van der Waals surface area contributed by atoms with E-state index in [2.05, 4.69) is 0 Å². The molecule has 0 saturated heterocycles. The van der Waals surface area contributed by atoms with E-state index in [0.717, 1.165) is 13.0 Å². The van der Waals surface area contributed by atoms with E-state index in [-0.39, 0.29) is 11.5 Å². The van der Waals surface area contributed by atoms with Gasteiger partial charge in [0.25, 0.3) is 0 Å². The third kappa shape index (κ3) is 3.04. The van der Waals surface area contributed by atoms with Crippen LogP contribution in [0.25, 0.3) is 6.08 Å². The average Bonchev–Trinajstić information content (AvgIpc) is 2.26. The van der Waals surface area contributed by atoms with Crippen LogP contribution in [-0.2, 0) is 4.79 Å². The number of phenolic OH excluding ortho intramolecular Hbond substituents is 1. The van der Waals surface area contributed by atoms with Gasteiger partial charge in [0.05, 0.1) is 12.0 Å². The number of nitro groups is 1. The van der Waals surface area contributed by atoms with Crippen molar-refractivity contribution < 1.29 is 19.6 Å². The minimum atomic E-state index is -0.748. The molecule has 17 heavy (non-hydrogen) atoms. The van der Waals surface area contributed by atoms with Gasteiger partial charge in [-0.3, -0.25) is 14.9 Å². The first kappa shape index (κ1) is 12.7. The minimum Gasteiger partial charge on any atom is -0.504 e. The number of carbonyl (C=O) groups excluding carboxylic acids is 1. The topological polar surface area (TPSA) is 89.7 Å². The Balaban J connectivity index is 3.21. The van der Waals surface area contributed by atoms with Crippen molar-refractivity contribution in [1.82, 2.24) is 0 Å². The Bertz CT molecular complexity index is 477. The maximum Gasteiger partial charge on any atom is 0.312 e. The second-order valence-electron chi connectivity index (χ2n) is 3.27. The largest absolute Gasteiger partial charge is 0.504 e. The molecule has 0 aliphatic heterocycles. The molecule has 1 aromatic carbocycles. The van der Waals surface area contributed by atoms with Gasteiger partial charge in [0, 0.05) is 13.0 Å². The molecule has 0 aromatic heterocycles. The van der Waals surface area contributed by atoms with Gasteiger partial charge in [-0.05, 0) is 17.7 Å². The molecular formula is C11H11NO5. The highest BCUT2D eigenvalue weighted by Crippen LogP contribution is 2.27. The summed E-state index contributed by atoms with van der Waals surface area (Å²) in [7, 11) is 1.36. The van der Waals surface area contributed by atoms with Gasteiger partial charge >= 0.3 is 5.70 Å². The highest BCUT2D eigenvalue weighted by Gasteiger charge is 2.16. The highest BCUT2D eigenvalue weighted by atomic mass is 16.6. The Kier molecular flexibility index (Phi) is 3.82. The summed E-state index contributed by atoms with van der Waals surface area (Å²) in [6, 6.07) is 4.19. The lowest BCUT2D eigenvalue weighted by atomic mass is 10.1. The van der Waals surface area contributed by atoms with Crippen LogP contribution in [0.15, 0.2) is 23.9 Å².